The molecule has 0 aliphatic carbocycles. The highest BCUT2D eigenvalue weighted by Crippen LogP contribution is 2.21. The Bertz CT molecular complexity index is 874. The maximum absolute atomic E-state index is 12.1. The lowest BCUT2D eigenvalue weighted by atomic mass is 10.1. The van der Waals surface area contributed by atoms with Gasteiger partial charge in [-0.05, 0) is 17.7 Å². The highest BCUT2D eigenvalue weighted by atomic mass is 32.2. The van der Waals surface area contributed by atoms with Crippen LogP contribution in [0.3, 0.4) is 0 Å². The summed E-state index contributed by atoms with van der Waals surface area (Å²) in [5, 5.41) is 11.9. The third-order valence-corrected chi connectivity index (χ3v) is 4.72. The Labute approximate surface area is 147 Å². The van der Waals surface area contributed by atoms with E-state index in [1.165, 1.54) is 0 Å². The highest BCUT2D eigenvalue weighted by molar-refractivity contribution is 7.92. The minimum Gasteiger partial charge on any atom is -0.354 e. The lowest BCUT2D eigenvalue weighted by Gasteiger charge is -2.23. The zero-order valence-corrected chi connectivity index (χ0v) is 14.7. The first-order valence-corrected chi connectivity index (χ1v) is 9.54. The number of sulfonamides is 1. The molecule has 6 nitrogen and oxygen atoms in total. The topological polar surface area (TPSA) is 90.3 Å². The molecule has 0 heterocycles. The van der Waals surface area contributed by atoms with Gasteiger partial charge < -0.3 is 5.32 Å². The molecule has 0 bridgehead atoms. The number of hydrogen-bond acceptors (Lipinski definition) is 4. The summed E-state index contributed by atoms with van der Waals surface area (Å²) in [5.74, 6) is -0.187. The van der Waals surface area contributed by atoms with Crippen molar-refractivity contribution in [1.82, 2.24) is 5.32 Å². The van der Waals surface area contributed by atoms with Crippen LogP contribution >= 0.6 is 0 Å². The Hall–Kier alpha value is -2.85. The van der Waals surface area contributed by atoms with Gasteiger partial charge >= 0.3 is 0 Å². The van der Waals surface area contributed by atoms with E-state index in [0.29, 0.717) is 5.69 Å². The van der Waals surface area contributed by atoms with Gasteiger partial charge in [-0.2, -0.15) is 5.26 Å². The third kappa shape index (κ3) is 5.33. The third-order valence-electron chi connectivity index (χ3n) is 3.54. The molecule has 2 aromatic rings. The molecule has 7 heteroatoms. The normalized spacial score (nSPS) is 10.7. The Morgan fingerprint density at radius 1 is 1.12 bits per heavy atom. The molecule has 1 N–H and O–H groups in total. The standard InChI is InChI=1S/C18H19N3O3S/c1-25(23,24)21(17-10-6-5-9-16(17)14-19)12-11-20-18(22)13-15-7-3-2-4-8-15/h2-10H,11-13H2,1H3,(H,20,22). The second kappa shape index (κ2) is 8.31. The largest absolute Gasteiger partial charge is 0.354 e. The number of nitriles is 1. The zero-order valence-electron chi connectivity index (χ0n) is 13.8. The van der Waals surface area contributed by atoms with Crippen molar-refractivity contribution >= 4 is 21.6 Å². The van der Waals surface area contributed by atoms with Gasteiger partial charge in [0.1, 0.15) is 6.07 Å². The number of carbonyl (C=O) groups excluding carboxylic acids is 1. The number of hydrogen-bond donors (Lipinski definition) is 1. The Kier molecular flexibility index (Phi) is 6.14. The van der Waals surface area contributed by atoms with Crippen LogP contribution < -0.4 is 9.62 Å². The second-order valence-corrected chi connectivity index (χ2v) is 7.38. The molecule has 0 fully saturated rings. The Balaban J connectivity index is 2.02. The predicted octanol–water partition coefficient (Wildman–Crippen LogP) is 1.68. The second-order valence-electron chi connectivity index (χ2n) is 5.48. The first-order valence-electron chi connectivity index (χ1n) is 7.69. The molecule has 0 saturated heterocycles. The van der Waals surface area contributed by atoms with E-state index in [4.69, 9.17) is 5.26 Å². The summed E-state index contributed by atoms with van der Waals surface area (Å²) in [6.45, 7) is 0.205. The van der Waals surface area contributed by atoms with E-state index in [1.807, 2.05) is 36.4 Å². The fraction of sp³-hybridized carbons (Fsp3) is 0.222. The van der Waals surface area contributed by atoms with Crippen LogP contribution in [0.15, 0.2) is 54.6 Å². The van der Waals surface area contributed by atoms with Gasteiger partial charge in [-0.1, -0.05) is 42.5 Å². The molecule has 0 unspecified atom stereocenters. The summed E-state index contributed by atoms with van der Waals surface area (Å²) in [4.78, 5) is 12.0. The number of carbonyl (C=O) groups is 1. The van der Waals surface area contributed by atoms with Gasteiger partial charge in [-0.25, -0.2) is 8.42 Å². The summed E-state index contributed by atoms with van der Waals surface area (Å²) < 4.78 is 25.3. The number of anilines is 1. The molecule has 1 amide bonds. The van der Waals surface area contributed by atoms with Crippen molar-refractivity contribution < 1.29 is 13.2 Å². The molecule has 0 aliphatic rings. The average molecular weight is 357 g/mol. The van der Waals surface area contributed by atoms with Crippen LogP contribution in [0.1, 0.15) is 11.1 Å². The first-order chi connectivity index (χ1) is 11.9. The lowest BCUT2D eigenvalue weighted by molar-refractivity contribution is -0.120. The van der Waals surface area contributed by atoms with Crippen LogP contribution in [-0.4, -0.2) is 33.7 Å². The molecule has 0 radical (unpaired) electrons. The van der Waals surface area contributed by atoms with Crippen molar-refractivity contribution in [3.8, 4) is 6.07 Å². The van der Waals surface area contributed by atoms with Crippen molar-refractivity contribution in [3.63, 3.8) is 0 Å². The van der Waals surface area contributed by atoms with Gasteiger partial charge in [0.05, 0.1) is 30.5 Å². The van der Waals surface area contributed by atoms with E-state index < -0.39 is 10.0 Å². The summed E-state index contributed by atoms with van der Waals surface area (Å²) >= 11 is 0. The summed E-state index contributed by atoms with van der Waals surface area (Å²) in [6.07, 6.45) is 1.31. The van der Waals surface area contributed by atoms with Gasteiger partial charge in [0.15, 0.2) is 0 Å². The summed E-state index contributed by atoms with van der Waals surface area (Å²) in [6, 6.07) is 17.7. The average Bonchev–Trinajstić information content (AvgIpc) is 2.58. The quantitative estimate of drug-likeness (QED) is 0.816. The van der Waals surface area contributed by atoms with Crippen LogP contribution in [0.4, 0.5) is 5.69 Å². The molecule has 0 spiro atoms. The number of nitrogens with zero attached hydrogens (tertiary/aromatic N) is 2. The number of nitrogens with one attached hydrogen (secondary N) is 1. The van der Waals surface area contributed by atoms with Gasteiger partial charge in [0, 0.05) is 6.54 Å². The van der Waals surface area contributed by atoms with Crippen LogP contribution in [0.25, 0.3) is 0 Å². The molecule has 0 saturated carbocycles. The molecule has 0 aromatic heterocycles. The number of amides is 1. The van der Waals surface area contributed by atoms with Crippen LogP contribution in [-0.2, 0) is 21.2 Å². The predicted molar refractivity (Wildman–Crippen MR) is 96.5 cm³/mol. The summed E-state index contributed by atoms with van der Waals surface area (Å²) in [5.41, 5.74) is 1.46. The molecule has 0 atom stereocenters. The first kappa shape index (κ1) is 18.5. The van der Waals surface area contributed by atoms with E-state index in [2.05, 4.69) is 5.32 Å². The van der Waals surface area contributed by atoms with E-state index in [-0.39, 0.29) is 31.0 Å². The van der Waals surface area contributed by atoms with E-state index in [0.717, 1.165) is 16.1 Å². The highest BCUT2D eigenvalue weighted by Gasteiger charge is 2.20. The molecular formula is C18H19N3O3S. The minimum absolute atomic E-state index is 0.0536. The lowest BCUT2D eigenvalue weighted by Crippen LogP contribution is -2.39. The van der Waals surface area contributed by atoms with Gasteiger partial charge in [-0.3, -0.25) is 9.10 Å². The minimum atomic E-state index is -3.58. The maximum atomic E-state index is 12.1. The molecule has 0 aliphatic heterocycles. The Morgan fingerprint density at radius 2 is 1.76 bits per heavy atom. The van der Waals surface area contributed by atoms with E-state index in [9.17, 15) is 13.2 Å². The van der Waals surface area contributed by atoms with E-state index >= 15 is 0 Å². The summed E-state index contributed by atoms with van der Waals surface area (Å²) in [7, 11) is -3.58. The SMILES string of the molecule is CS(=O)(=O)N(CCNC(=O)Cc1ccccc1)c1ccccc1C#N. The molecule has 130 valence electrons. The van der Waals surface area contributed by atoms with Crippen molar-refractivity contribution in [1.29, 1.82) is 5.26 Å². The zero-order chi connectivity index (χ0) is 18.3. The van der Waals surface area contributed by atoms with E-state index in [1.54, 1.807) is 24.3 Å². The van der Waals surface area contributed by atoms with Crippen molar-refractivity contribution in [2.45, 2.75) is 6.42 Å². The number of benzene rings is 2. The molecular weight excluding hydrogens is 338 g/mol. The smallest absolute Gasteiger partial charge is 0.232 e. The van der Waals surface area contributed by atoms with Crippen molar-refractivity contribution in [3.05, 3.63) is 65.7 Å². The fourth-order valence-corrected chi connectivity index (χ4v) is 3.33. The fourth-order valence-electron chi connectivity index (χ4n) is 2.39. The van der Waals surface area contributed by atoms with Gasteiger partial charge in [-0.15, -0.1) is 0 Å². The van der Waals surface area contributed by atoms with Crippen LogP contribution in [0.2, 0.25) is 0 Å². The van der Waals surface area contributed by atoms with Gasteiger partial charge in [0.2, 0.25) is 15.9 Å². The van der Waals surface area contributed by atoms with Crippen molar-refractivity contribution in [2.75, 3.05) is 23.7 Å². The Morgan fingerprint density at radius 3 is 2.40 bits per heavy atom. The monoisotopic (exact) mass is 357 g/mol. The molecule has 2 aromatic carbocycles. The van der Waals surface area contributed by atoms with Crippen LogP contribution in [0.5, 0.6) is 0 Å². The number of rotatable bonds is 7. The van der Waals surface area contributed by atoms with Crippen LogP contribution in [0, 0.1) is 11.3 Å². The molecule has 25 heavy (non-hydrogen) atoms. The van der Waals surface area contributed by atoms with Crippen molar-refractivity contribution in [2.24, 2.45) is 0 Å². The molecule has 2 rings (SSSR count). The maximum Gasteiger partial charge on any atom is 0.232 e. The van der Waals surface area contributed by atoms with Gasteiger partial charge in [0.25, 0.3) is 0 Å². The number of para-hydroxylation sites is 1.